The van der Waals surface area contributed by atoms with E-state index in [0.29, 0.717) is 11.3 Å². The van der Waals surface area contributed by atoms with Crippen molar-refractivity contribution in [2.24, 2.45) is 0 Å². The van der Waals surface area contributed by atoms with Crippen LogP contribution in [-0.4, -0.2) is 11.8 Å². The summed E-state index contributed by atoms with van der Waals surface area (Å²) in [6.07, 6.45) is 0. The first-order valence-corrected chi connectivity index (χ1v) is 3.32. The highest BCUT2D eigenvalue weighted by Crippen LogP contribution is 2.05. The number of hydrogen-bond acceptors (Lipinski definition) is 3. The standard InChI is InChI=1S/C8H12O3/c1-5(6(2)9)7(3)11-8(4)10/h1-4H3. The summed E-state index contributed by atoms with van der Waals surface area (Å²) in [5, 5.41) is 0. The van der Waals surface area contributed by atoms with Crippen molar-refractivity contribution in [3.8, 4) is 0 Å². The number of ether oxygens (including phenoxy) is 1. The molecule has 0 unspecified atom stereocenters. The smallest absolute Gasteiger partial charge is 0.307 e. The monoisotopic (exact) mass is 156 g/mol. The van der Waals surface area contributed by atoms with Gasteiger partial charge in [-0.2, -0.15) is 0 Å². The van der Waals surface area contributed by atoms with E-state index in [1.54, 1.807) is 13.8 Å². The molecule has 0 aromatic rings. The van der Waals surface area contributed by atoms with Gasteiger partial charge in [-0.1, -0.05) is 0 Å². The molecule has 62 valence electrons. The zero-order chi connectivity index (χ0) is 9.02. The third kappa shape index (κ3) is 3.55. The molecule has 0 aromatic heterocycles. The minimum atomic E-state index is -0.400. The van der Waals surface area contributed by atoms with Gasteiger partial charge in [-0.3, -0.25) is 9.59 Å². The lowest BCUT2D eigenvalue weighted by Crippen LogP contribution is -2.02. The Kier molecular flexibility index (Phi) is 3.51. The third-order valence-corrected chi connectivity index (χ3v) is 1.35. The minimum absolute atomic E-state index is 0.0799. The molecule has 0 fully saturated rings. The Morgan fingerprint density at radius 2 is 1.45 bits per heavy atom. The number of carbonyl (C=O) groups excluding carboxylic acids is 2. The molecule has 0 rings (SSSR count). The first-order valence-electron chi connectivity index (χ1n) is 3.32. The summed E-state index contributed by atoms with van der Waals surface area (Å²) in [6, 6.07) is 0. The van der Waals surface area contributed by atoms with E-state index in [2.05, 4.69) is 0 Å². The van der Waals surface area contributed by atoms with Crippen molar-refractivity contribution in [1.82, 2.24) is 0 Å². The number of hydrogen-bond donors (Lipinski definition) is 0. The molecule has 0 saturated carbocycles. The Morgan fingerprint density at radius 1 is 1.00 bits per heavy atom. The van der Waals surface area contributed by atoms with Crippen LogP contribution in [0.3, 0.4) is 0 Å². The van der Waals surface area contributed by atoms with Crippen LogP contribution in [0, 0.1) is 0 Å². The van der Waals surface area contributed by atoms with E-state index in [9.17, 15) is 9.59 Å². The second-order valence-electron chi connectivity index (χ2n) is 2.33. The molecule has 3 heteroatoms. The van der Waals surface area contributed by atoms with Crippen LogP contribution < -0.4 is 0 Å². The van der Waals surface area contributed by atoms with Gasteiger partial charge in [0.15, 0.2) is 5.78 Å². The molecular weight excluding hydrogens is 144 g/mol. The predicted molar refractivity (Wildman–Crippen MR) is 40.8 cm³/mol. The van der Waals surface area contributed by atoms with Gasteiger partial charge in [0.1, 0.15) is 5.76 Å². The molecule has 3 nitrogen and oxygen atoms in total. The number of esters is 1. The molecule has 0 aliphatic heterocycles. The normalized spacial score (nSPS) is 12.0. The molecule has 0 aromatic carbocycles. The van der Waals surface area contributed by atoms with Crippen LogP contribution in [0.25, 0.3) is 0 Å². The molecule has 11 heavy (non-hydrogen) atoms. The molecule has 0 heterocycles. The highest BCUT2D eigenvalue weighted by molar-refractivity contribution is 5.93. The van der Waals surface area contributed by atoms with Crippen molar-refractivity contribution in [1.29, 1.82) is 0 Å². The topological polar surface area (TPSA) is 43.4 Å². The van der Waals surface area contributed by atoms with Crippen molar-refractivity contribution in [2.75, 3.05) is 0 Å². The van der Waals surface area contributed by atoms with E-state index >= 15 is 0 Å². The van der Waals surface area contributed by atoms with E-state index < -0.39 is 5.97 Å². The van der Waals surface area contributed by atoms with E-state index in [0.717, 1.165) is 0 Å². The van der Waals surface area contributed by atoms with Gasteiger partial charge in [-0.25, -0.2) is 0 Å². The lowest BCUT2D eigenvalue weighted by molar-refractivity contribution is -0.136. The molecule has 0 spiro atoms. The fourth-order valence-electron chi connectivity index (χ4n) is 0.540. The number of rotatable bonds is 2. The first kappa shape index (κ1) is 9.88. The maximum Gasteiger partial charge on any atom is 0.307 e. The van der Waals surface area contributed by atoms with Gasteiger partial charge < -0.3 is 4.74 Å². The van der Waals surface area contributed by atoms with Crippen molar-refractivity contribution >= 4 is 11.8 Å². The Labute approximate surface area is 66.0 Å². The van der Waals surface area contributed by atoms with Gasteiger partial charge in [0.2, 0.25) is 0 Å². The zero-order valence-electron chi connectivity index (χ0n) is 7.22. The summed E-state index contributed by atoms with van der Waals surface area (Å²) in [6.45, 7) is 5.96. The zero-order valence-corrected chi connectivity index (χ0v) is 7.22. The number of carbonyl (C=O) groups is 2. The first-order chi connectivity index (χ1) is 4.95. The van der Waals surface area contributed by atoms with Gasteiger partial charge in [0, 0.05) is 12.5 Å². The summed E-state index contributed by atoms with van der Waals surface area (Å²) in [5.74, 6) is -0.100. The minimum Gasteiger partial charge on any atom is -0.431 e. The van der Waals surface area contributed by atoms with E-state index in [1.807, 2.05) is 0 Å². The number of Topliss-reactive ketones (excluding diaryl/α,β-unsaturated/α-hetero) is 1. The summed E-state index contributed by atoms with van der Waals surface area (Å²) in [5.41, 5.74) is 0.486. The van der Waals surface area contributed by atoms with Crippen LogP contribution in [0.2, 0.25) is 0 Å². The Morgan fingerprint density at radius 3 is 1.73 bits per heavy atom. The quantitative estimate of drug-likeness (QED) is 0.345. The lowest BCUT2D eigenvalue weighted by atomic mass is 10.2. The number of ketones is 1. The summed E-state index contributed by atoms with van der Waals surface area (Å²) in [4.78, 5) is 21.1. The van der Waals surface area contributed by atoms with Gasteiger partial charge in [0.25, 0.3) is 0 Å². The Hall–Kier alpha value is -1.12. The molecule has 0 amide bonds. The molecule has 0 aliphatic rings. The van der Waals surface area contributed by atoms with E-state index in [4.69, 9.17) is 4.74 Å². The fourth-order valence-corrected chi connectivity index (χ4v) is 0.540. The Bertz CT molecular complexity index is 213. The average Bonchev–Trinajstić information content (AvgIpc) is 1.84. The van der Waals surface area contributed by atoms with Crippen molar-refractivity contribution in [2.45, 2.75) is 27.7 Å². The van der Waals surface area contributed by atoms with Crippen molar-refractivity contribution < 1.29 is 14.3 Å². The molecule has 0 aliphatic carbocycles. The average molecular weight is 156 g/mol. The van der Waals surface area contributed by atoms with Crippen LogP contribution in [0.15, 0.2) is 11.3 Å². The van der Waals surface area contributed by atoms with Gasteiger partial charge in [-0.15, -0.1) is 0 Å². The van der Waals surface area contributed by atoms with Gasteiger partial charge >= 0.3 is 5.97 Å². The number of allylic oxidation sites excluding steroid dienone is 2. The van der Waals surface area contributed by atoms with Crippen molar-refractivity contribution in [3.63, 3.8) is 0 Å². The van der Waals surface area contributed by atoms with E-state index in [-0.39, 0.29) is 5.78 Å². The highest BCUT2D eigenvalue weighted by Gasteiger charge is 2.04. The summed E-state index contributed by atoms with van der Waals surface area (Å²) >= 11 is 0. The fraction of sp³-hybridized carbons (Fsp3) is 0.500. The molecule has 0 bridgehead atoms. The second-order valence-corrected chi connectivity index (χ2v) is 2.33. The SMILES string of the molecule is CC(=O)OC(C)=C(C)C(C)=O. The van der Waals surface area contributed by atoms with Crippen LogP contribution in [0.5, 0.6) is 0 Å². The molecule has 0 N–H and O–H groups in total. The van der Waals surface area contributed by atoms with Gasteiger partial charge in [0.05, 0.1) is 0 Å². The lowest BCUT2D eigenvalue weighted by Gasteiger charge is -2.02. The highest BCUT2D eigenvalue weighted by atomic mass is 16.5. The second kappa shape index (κ2) is 3.91. The predicted octanol–water partition coefficient (Wildman–Crippen LogP) is 1.43. The maximum atomic E-state index is 10.7. The Balaban J connectivity index is 4.40. The third-order valence-electron chi connectivity index (χ3n) is 1.35. The van der Waals surface area contributed by atoms with Crippen LogP contribution in [-0.2, 0) is 14.3 Å². The van der Waals surface area contributed by atoms with E-state index in [1.165, 1.54) is 13.8 Å². The molecule has 0 radical (unpaired) electrons. The van der Waals surface area contributed by atoms with Gasteiger partial charge in [-0.05, 0) is 20.8 Å². The molecular formula is C8H12O3. The van der Waals surface area contributed by atoms with Crippen LogP contribution in [0.1, 0.15) is 27.7 Å². The van der Waals surface area contributed by atoms with Crippen LogP contribution in [0.4, 0.5) is 0 Å². The summed E-state index contributed by atoms with van der Waals surface area (Å²) in [7, 11) is 0. The van der Waals surface area contributed by atoms with Crippen LogP contribution >= 0.6 is 0 Å². The summed E-state index contributed by atoms with van der Waals surface area (Å²) < 4.78 is 4.69. The molecule has 0 saturated heterocycles. The largest absolute Gasteiger partial charge is 0.431 e. The van der Waals surface area contributed by atoms with Crippen molar-refractivity contribution in [3.05, 3.63) is 11.3 Å². The molecule has 0 atom stereocenters. The maximum absolute atomic E-state index is 10.7.